The first-order valence-electron chi connectivity index (χ1n) is 6.54. The van der Waals surface area contributed by atoms with Crippen LogP contribution in [0.4, 0.5) is 4.39 Å². The van der Waals surface area contributed by atoms with E-state index in [0.29, 0.717) is 0 Å². The fraction of sp³-hybridized carbons (Fsp3) is 0.429. The normalized spacial score (nSPS) is 11.5. The van der Waals surface area contributed by atoms with Gasteiger partial charge >= 0.3 is 5.97 Å². The fourth-order valence-electron chi connectivity index (χ4n) is 1.34. The zero-order valence-corrected chi connectivity index (χ0v) is 13.2. The van der Waals surface area contributed by atoms with E-state index in [1.54, 1.807) is 13.8 Å². The van der Waals surface area contributed by atoms with Crippen molar-refractivity contribution in [2.75, 3.05) is 13.2 Å². The van der Waals surface area contributed by atoms with Gasteiger partial charge in [0.05, 0.1) is 5.56 Å². The SMILES string of the molecule is CC(C)C(=O)NNCC(O)COC(=O)c1ccccc1F.Cl. The van der Waals surface area contributed by atoms with Crippen LogP contribution in [-0.4, -0.2) is 36.2 Å². The molecular formula is C14H20ClFN2O4. The van der Waals surface area contributed by atoms with Gasteiger partial charge in [-0.25, -0.2) is 14.6 Å². The summed E-state index contributed by atoms with van der Waals surface area (Å²) < 4.78 is 18.1. The molecule has 0 aliphatic heterocycles. The number of hydrazine groups is 1. The summed E-state index contributed by atoms with van der Waals surface area (Å²) >= 11 is 0. The standard InChI is InChI=1S/C14H19FN2O4.ClH/c1-9(2)13(19)17-16-7-10(18)8-21-14(20)11-5-3-4-6-12(11)15;/h3-6,9-10,16,18H,7-8H2,1-2H3,(H,17,19);1H. The van der Waals surface area contributed by atoms with Gasteiger partial charge in [0.25, 0.3) is 0 Å². The molecule has 0 saturated carbocycles. The van der Waals surface area contributed by atoms with Crippen molar-refractivity contribution in [2.24, 2.45) is 5.92 Å². The Kier molecular flexibility index (Phi) is 9.32. The maximum atomic E-state index is 13.3. The average molecular weight is 335 g/mol. The van der Waals surface area contributed by atoms with Gasteiger partial charge in [0.15, 0.2) is 0 Å². The fourth-order valence-corrected chi connectivity index (χ4v) is 1.34. The van der Waals surface area contributed by atoms with E-state index in [1.807, 2.05) is 0 Å². The number of esters is 1. The highest BCUT2D eigenvalue weighted by Gasteiger charge is 2.14. The summed E-state index contributed by atoms with van der Waals surface area (Å²) in [5.41, 5.74) is 4.73. The molecule has 1 atom stereocenters. The number of carbonyl (C=O) groups is 2. The van der Waals surface area contributed by atoms with Crippen LogP contribution in [0.15, 0.2) is 24.3 Å². The lowest BCUT2D eigenvalue weighted by molar-refractivity contribution is -0.125. The number of rotatable bonds is 7. The van der Waals surface area contributed by atoms with E-state index < -0.39 is 17.9 Å². The average Bonchev–Trinajstić information content (AvgIpc) is 2.45. The number of hydrogen-bond acceptors (Lipinski definition) is 5. The van der Waals surface area contributed by atoms with Crippen LogP contribution in [0.2, 0.25) is 0 Å². The van der Waals surface area contributed by atoms with Gasteiger partial charge in [-0.2, -0.15) is 0 Å². The number of aliphatic hydroxyl groups is 1. The van der Waals surface area contributed by atoms with Gasteiger partial charge in [-0.05, 0) is 12.1 Å². The number of amides is 1. The topological polar surface area (TPSA) is 87.7 Å². The lowest BCUT2D eigenvalue weighted by atomic mass is 10.2. The van der Waals surface area contributed by atoms with Gasteiger partial charge in [0.1, 0.15) is 18.5 Å². The van der Waals surface area contributed by atoms with Crippen molar-refractivity contribution in [1.29, 1.82) is 0 Å². The van der Waals surface area contributed by atoms with Crippen LogP contribution < -0.4 is 10.9 Å². The van der Waals surface area contributed by atoms with E-state index in [4.69, 9.17) is 4.74 Å². The Morgan fingerprint density at radius 3 is 2.55 bits per heavy atom. The molecular weight excluding hydrogens is 315 g/mol. The first-order chi connectivity index (χ1) is 9.91. The summed E-state index contributed by atoms with van der Waals surface area (Å²) in [6.45, 7) is 3.15. The molecule has 6 nitrogen and oxygen atoms in total. The van der Waals surface area contributed by atoms with Gasteiger partial charge in [-0.15, -0.1) is 12.4 Å². The van der Waals surface area contributed by atoms with Crippen molar-refractivity contribution < 1.29 is 23.8 Å². The number of ether oxygens (including phenoxy) is 1. The predicted molar refractivity (Wildman–Crippen MR) is 80.9 cm³/mol. The Morgan fingerprint density at radius 2 is 1.95 bits per heavy atom. The molecule has 0 fully saturated rings. The van der Waals surface area contributed by atoms with E-state index in [1.165, 1.54) is 18.2 Å². The van der Waals surface area contributed by atoms with Crippen molar-refractivity contribution in [2.45, 2.75) is 20.0 Å². The highest BCUT2D eigenvalue weighted by Crippen LogP contribution is 2.07. The second-order valence-electron chi connectivity index (χ2n) is 4.76. The monoisotopic (exact) mass is 334 g/mol. The molecule has 0 heterocycles. The molecule has 0 aromatic heterocycles. The van der Waals surface area contributed by atoms with Crippen LogP contribution in [0.3, 0.4) is 0 Å². The molecule has 0 bridgehead atoms. The molecule has 8 heteroatoms. The largest absolute Gasteiger partial charge is 0.459 e. The molecule has 1 aromatic carbocycles. The molecule has 1 rings (SSSR count). The lowest BCUT2D eigenvalue weighted by Gasteiger charge is -2.14. The van der Waals surface area contributed by atoms with E-state index in [-0.39, 0.29) is 42.9 Å². The number of aliphatic hydroxyl groups excluding tert-OH is 1. The van der Waals surface area contributed by atoms with E-state index in [9.17, 15) is 19.1 Å². The third-order valence-corrected chi connectivity index (χ3v) is 2.57. The molecule has 1 unspecified atom stereocenters. The maximum absolute atomic E-state index is 13.3. The van der Waals surface area contributed by atoms with Gasteiger partial charge in [-0.3, -0.25) is 10.2 Å². The lowest BCUT2D eigenvalue weighted by Crippen LogP contribution is -2.44. The summed E-state index contributed by atoms with van der Waals surface area (Å²) in [6, 6.07) is 5.42. The molecule has 1 amide bonds. The van der Waals surface area contributed by atoms with Crippen molar-refractivity contribution in [3.8, 4) is 0 Å². The summed E-state index contributed by atoms with van der Waals surface area (Å²) in [6.07, 6.45) is -1.02. The highest BCUT2D eigenvalue weighted by atomic mass is 35.5. The van der Waals surface area contributed by atoms with Crippen LogP contribution >= 0.6 is 12.4 Å². The zero-order valence-electron chi connectivity index (χ0n) is 12.3. The Morgan fingerprint density at radius 1 is 1.32 bits per heavy atom. The number of nitrogens with one attached hydrogen (secondary N) is 2. The first kappa shape index (κ1) is 20.3. The summed E-state index contributed by atoms with van der Waals surface area (Å²) in [4.78, 5) is 22.8. The third-order valence-electron chi connectivity index (χ3n) is 2.57. The second-order valence-corrected chi connectivity index (χ2v) is 4.76. The van der Waals surface area contributed by atoms with Crippen LogP contribution in [0.25, 0.3) is 0 Å². The predicted octanol–water partition coefficient (Wildman–Crippen LogP) is 1.04. The number of hydrogen-bond donors (Lipinski definition) is 3. The molecule has 0 radical (unpaired) electrons. The summed E-state index contributed by atoms with van der Waals surface area (Å²) in [7, 11) is 0. The second kappa shape index (κ2) is 10.1. The molecule has 0 aliphatic rings. The minimum absolute atomic E-state index is 0. The smallest absolute Gasteiger partial charge is 0.341 e. The van der Waals surface area contributed by atoms with Crippen LogP contribution in [-0.2, 0) is 9.53 Å². The molecule has 1 aromatic rings. The van der Waals surface area contributed by atoms with Crippen LogP contribution in [0, 0.1) is 11.7 Å². The maximum Gasteiger partial charge on any atom is 0.341 e. The van der Waals surface area contributed by atoms with Crippen LogP contribution in [0.1, 0.15) is 24.2 Å². The summed E-state index contributed by atoms with van der Waals surface area (Å²) in [5, 5.41) is 9.58. The molecule has 22 heavy (non-hydrogen) atoms. The highest BCUT2D eigenvalue weighted by molar-refractivity contribution is 5.89. The minimum Gasteiger partial charge on any atom is -0.459 e. The first-order valence-corrected chi connectivity index (χ1v) is 6.54. The summed E-state index contributed by atoms with van der Waals surface area (Å²) in [5.74, 6) is -1.93. The van der Waals surface area contributed by atoms with Gasteiger partial charge < -0.3 is 9.84 Å². The Balaban J connectivity index is 0.00000441. The Labute approximate surface area is 134 Å². The third kappa shape index (κ3) is 6.84. The van der Waals surface area contributed by atoms with Gasteiger partial charge in [-0.1, -0.05) is 26.0 Å². The molecule has 124 valence electrons. The molecule has 0 aliphatic carbocycles. The molecule has 0 spiro atoms. The van der Waals surface area contributed by atoms with Crippen molar-refractivity contribution in [3.63, 3.8) is 0 Å². The van der Waals surface area contributed by atoms with Crippen molar-refractivity contribution in [1.82, 2.24) is 10.9 Å². The minimum atomic E-state index is -1.02. The Hall–Kier alpha value is -1.70. The van der Waals surface area contributed by atoms with E-state index in [2.05, 4.69) is 10.9 Å². The number of benzene rings is 1. The number of carbonyl (C=O) groups excluding carboxylic acids is 2. The van der Waals surface area contributed by atoms with Crippen molar-refractivity contribution >= 4 is 24.3 Å². The van der Waals surface area contributed by atoms with Crippen molar-refractivity contribution in [3.05, 3.63) is 35.6 Å². The van der Waals surface area contributed by atoms with Crippen LogP contribution in [0.5, 0.6) is 0 Å². The van der Waals surface area contributed by atoms with Gasteiger partial charge in [0, 0.05) is 12.5 Å². The quantitative estimate of drug-likeness (QED) is 0.512. The zero-order chi connectivity index (χ0) is 15.8. The van der Waals surface area contributed by atoms with E-state index in [0.717, 1.165) is 6.07 Å². The number of halogens is 2. The molecule has 3 N–H and O–H groups in total. The molecule has 0 saturated heterocycles. The van der Waals surface area contributed by atoms with E-state index >= 15 is 0 Å². The van der Waals surface area contributed by atoms with Gasteiger partial charge in [0.2, 0.25) is 5.91 Å². The Bertz CT molecular complexity index is 499.